The SMILES string of the molecule is O=C(CC1CNCCO1)Nc1ccccc1-c1cccs1. The standard InChI is InChI=1S/C16H18N2O2S/c19-16(10-12-11-17-7-8-20-12)18-14-5-2-1-4-13(14)15-6-3-9-21-15/h1-6,9,12,17H,7-8,10-11H2,(H,18,19). The summed E-state index contributed by atoms with van der Waals surface area (Å²) in [5, 5.41) is 8.28. The number of anilines is 1. The zero-order valence-corrected chi connectivity index (χ0v) is 12.5. The molecule has 1 saturated heterocycles. The number of thiophene rings is 1. The smallest absolute Gasteiger partial charge is 0.227 e. The van der Waals surface area contributed by atoms with Crippen LogP contribution < -0.4 is 10.6 Å². The number of carbonyl (C=O) groups excluding carboxylic acids is 1. The Morgan fingerprint density at radius 2 is 2.24 bits per heavy atom. The summed E-state index contributed by atoms with van der Waals surface area (Å²) < 4.78 is 5.57. The minimum Gasteiger partial charge on any atom is -0.375 e. The molecule has 0 bridgehead atoms. The quantitative estimate of drug-likeness (QED) is 0.913. The molecule has 0 radical (unpaired) electrons. The number of benzene rings is 1. The predicted molar refractivity (Wildman–Crippen MR) is 85.6 cm³/mol. The molecular weight excluding hydrogens is 284 g/mol. The summed E-state index contributed by atoms with van der Waals surface area (Å²) in [6.07, 6.45) is 0.346. The van der Waals surface area contributed by atoms with E-state index in [4.69, 9.17) is 4.74 Å². The zero-order valence-electron chi connectivity index (χ0n) is 11.7. The van der Waals surface area contributed by atoms with Gasteiger partial charge in [-0.1, -0.05) is 24.3 Å². The van der Waals surface area contributed by atoms with E-state index in [1.165, 1.54) is 0 Å². The third-order valence-electron chi connectivity index (χ3n) is 3.41. The van der Waals surface area contributed by atoms with Gasteiger partial charge in [-0.25, -0.2) is 0 Å². The highest BCUT2D eigenvalue weighted by Crippen LogP contribution is 2.31. The van der Waals surface area contributed by atoms with Gasteiger partial charge in [-0.2, -0.15) is 0 Å². The van der Waals surface area contributed by atoms with Crippen LogP contribution >= 0.6 is 11.3 Å². The van der Waals surface area contributed by atoms with Crippen LogP contribution in [0.1, 0.15) is 6.42 Å². The third kappa shape index (κ3) is 3.69. The Morgan fingerprint density at radius 1 is 1.33 bits per heavy atom. The minimum atomic E-state index is -0.0346. The van der Waals surface area contributed by atoms with E-state index in [9.17, 15) is 4.79 Å². The maximum atomic E-state index is 12.2. The van der Waals surface area contributed by atoms with E-state index in [1.807, 2.05) is 35.7 Å². The average Bonchev–Trinajstić information content (AvgIpc) is 3.03. The molecule has 2 heterocycles. The zero-order chi connectivity index (χ0) is 14.5. The average molecular weight is 302 g/mol. The molecule has 1 aromatic carbocycles. The summed E-state index contributed by atoms with van der Waals surface area (Å²) in [4.78, 5) is 13.3. The normalized spacial score (nSPS) is 18.4. The van der Waals surface area contributed by atoms with Crippen molar-refractivity contribution >= 4 is 22.9 Å². The summed E-state index contributed by atoms with van der Waals surface area (Å²) in [6, 6.07) is 12.0. The lowest BCUT2D eigenvalue weighted by atomic mass is 10.1. The van der Waals surface area contributed by atoms with Gasteiger partial charge in [-0.15, -0.1) is 11.3 Å². The second-order valence-corrected chi connectivity index (χ2v) is 5.92. The van der Waals surface area contributed by atoms with Gasteiger partial charge in [0.1, 0.15) is 0 Å². The van der Waals surface area contributed by atoms with Gasteiger partial charge in [-0.3, -0.25) is 4.79 Å². The molecule has 4 nitrogen and oxygen atoms in total. The van der Waals surface area contributed by atoms with Crippen molar-refractivity contribution in [3.8, 4) is 10.4 Å². The van der Waals surface area contributed by atoms with Crippen LogP contribution in [0, 0.1) is 0 Å². The van der Waals surface area contributed by atoms with Crippen LogP contribution in [-0.4, -0.2) is 31.7 Å². The van der Waals surface area contributed by atoms with Gasteiger partial charge in [0.15, 0.2) is 0 Å². The van der Waals surface area contributed by atoms with Crippen LogP contribution in [0.25, 0.3) is 10.4 Å². The third-order valence-corrected chi connectivity index (χ3v) is 4.31. The highest BCUT2D eigenvalue weighted by Gasteiger charge is 2.18. The van der Waals surface area contributed by atoms with E-state index in [1.54, 1.807) is 11.3 Å². The number of nitrogens with one attached hydrogen (secondary N) is 2. The monoisotopic (exact) mass is 302 g/mol. The Balaban J connectivity index is 1.68. The number of morpholine rings is 1. The van der Waals surface area contributed by atoms with Gasteiger partial charge in [0.2, 0.25) is 5.91 Å². The lowest BCUT2D eigenvalue weighted by Crippen LogP contribution is -2.40. The molecule has 110 valence electrons. The number of ether oxygens (including phenoxy) is 1. The maximum absolute atomic E-state index is 12.2. The van der Waals surface area contributed by atoms with E-state index < -0.39 is 0 Å². The van der Waals surface area contributed by atoms with Gasteiger partial charge in [0.05, 0.1) is 19.1 Å². The van der Waals surface area contributed by atoms with Crippen molar-refractivity contribution in [1.82, 2.24) is 5.32 Å². The molecule has 1 aromatic heterocycles. The first kappa shape index (κ1) is 14.3. The number of carbonyl (C=O) groups is 1. The Kier molecular flexibility index (Phi) is 4.65. The van der Waals surface area contributed by atoms with Gasteiger partial charge >= 0.3 is 0 Å². The molecule has 0 saturated carbocycles. The molecule has 1 atom stereocenters. The lowest BCUT2D eigenvalue weighted by Gasteiger charge is -2.23. The summed E-state index contributed by atoms with van der Waals surface area (Å²) in [7, 11) is 0. The molecule has 1 unspecified atom stereocenters. The van der Waals surface area contributed by atoms with Gasteiger partial charge in [0, 0.05) is 29.2 Å². The van der Waals surface area contributed by atoms with Gasteiger partial charge in [0.25, 0.3) is 0 Å². The first-order valence-corrected chi connectivity index (χ1v) is 7.96. The topological polar surface area (TPSA) is 50.4 Å². The van der Waals surface area contributed by atoms with Crippen LogP contribution in [0.5, 0.6) is 0 Å². The summed E-state index contributed by atoms with van der Waals surface area (Å²) in [6.45, 7) is 2.27. The van der Waals surface area contributed by atoms with E-state index in [-0.39, 0.29) is 12.0 Å². The molecule has 1 fully saturated rings. The van der Waals surface area contributed by atoms with Crippen molar-refractivity contribution < 1.29 is 9.53 Å². The molecule has 1 aliphatic rings. The van der Waals surface area contributed by atoms with E-state index in [0.29, 0.717) is 13.0 Å². The fraction of sp³-hybridized carbons (Fsp3) is 0.312. The predicted octanol–water partition coefficient (Wildman–Crippen LogP) is 2.73. The molecule has 0 spiro atoms. The van der Waals surface area contributed by atoms with Crippen LogP contribution in [0.4, 0.5) is 5.69 Å². The number of hydrogen-bond donors (Lipinski definition) is 2. The molecule has 2 N–H and O–H groups in total. The molecule has 5 heteroatoms. The fourth-order valence-electron chi connectivity index (χ4n) is 2.40. The van der Waals surface area contributed by atoms with Crippen LogP contribution in [0.3, 0.4) is 0 Å². The van der Waals surface area contributed by atoms with E-state index in [2.05, 4.69) is 16.7 Å². The van der Waals surface area contributed by atoms with E-state index in [0.717, 1.165) is 29.2 Å². The van der Waals surface area contributed by atoms with E-state index >= 15 is 0 Å². The first-order valence-electron chi connectivity index (χ1n) is 7.08. The summed E-state index contributed by atoms with van der Waals surface area (Å²) in [5.41, 5.74) is 1.91. The Labute approximate surface area is 128 Å². The van der Waals surface area contributed by atoms with Crippen LogP contribution in [-0.2, 0) is 9.53 Å². The highest BCUT2D eigenvalue weighted by atomic mass is 32.1. The largest absolute Gasteiger partial charge is 0.375 e. The Morgan fingerprint density at radius 3 is 3.00 bits per heavy atom. The van der Waals surface area contributed by atoms with Crippen molar-refractivity contribution in [2.75, 3.05) is 25.0 Å². The van der Waals surface area contributed by atoms with Crippen molar-refractivity contribution in [1.29, 1.82) is 0 Å². The Hall–Kier alpha value is -1.69. The van der Waals surface area contributed by atoms with Gasteiger partial charge < -0.3 is 15.4 Å². The second kappa shape index (κ2) is 6.85. The van der Waals surface area contributed by atoms with Crippen molar-refractivity contribution in [2.24, 2.45) is 0 Å². The number of amides is 1. The number of rotatable bonds is 4. The molecular formula is C16H18N2O2S. The highest BCUT2D eigenvalue weighted by molar-refractivity contribution is 7.13. The van der Waals surface area contributed by atoms with Crippen molar-refractivity contribution in [2.45, 2.75) is 12.5 Å². The minimum absolute atomic E-state index is 0.00675. The summed E-state index contributed by atoms with van der Waals surface area (Å²) in [5.74, 6) is -0.00675. The summed E-state index contributed by atoms with van der Waals surface area (Å²) >= 11 is 1.67. The first-order chi connectivity index (χ1) is 10.3. The number of hydrogen-bond acceptors (Lipinski definition) is 4. The van der Waals surface area contributed by atoms with Crippen molar-refractivity contribution in [3.63, 3.8) is 0 Å². The molecule has 3 rings (SSSR count). The van der Waals surface area contributed by atoms with Crippen LogP contribution in [0.15, 0.2) is 41.8 Å². The lowest BCUT2D eigenvalue weighted by molar-refractivity contribution is -0.119. The van der Waals surface area contributed by atoms with Gasteiger partial charge in [-0.05, 0) is 17.5 Å². The maximum Gasteiger partial charge on any atom is 0.227 e. The molecule has 21 heavy (non-hydrogen) atoms. The fourth-order valence-corrected chi connectivity index (χ4v) is 3.16. The molecule has 1 amide bonds. The second-order valence-electron chi connectivity index (χ2n) is 4.97. The molecule has 0 aliphatic carbocycles. The Bertz CT molecular complexity index is 592. The van der Waals surface area contributed by atoms with Crippen LogP contribution in [0.2, 0.25) is 0 Å². The number of para-hydroxylation sites is 1. The van der Waals surface area contributed by atoms with Crippen molar-refractivity contribution in [3.05, 3.63) is 41.8 Å². The molecule has 2 aromatic rings. The molecule has 1 aliphatic heterocycles.